The summed E-state index contributed by atoms with van der Waals surface area (Å²) in [7, 11) is 1.63. The van der Waals surface area contributed by atoms with Crippen LogP contribution in [0.1, 0.15) is 17.5 Å². The van der Waals surface area contributed by atoms with Crippen molar-refractivity contribution in [2.75, 3.05) is 26.7 Å². The first-order valence-corrected chi connectivity index (χ1v) is 9.22. The highest BCUT2D eigenvalue weighted by atomic mass is 19.1. The molecule has 0 fully saturated rings. The molecule has 0 atom stereocenters. The number of halogens is 1. The summed E-state index contributed by atoms with van der Waals surface area (Å²) in [5.41, 5.74) is 1.80. The number of ether oxygens (including phenoxy) is 1. The van der Waals surface area contributed by atoms with E-state index in [0.717, 1.165) is 18.6 Å². The summed E-state index contributed by atoms with van der Waals surface area (Å²) >= 11 is 0. The second-order valence-electron chi connectivity index (χ2n) is 6.29. The Balaban J connectivity index is 1.51. The van der Waals surface area contributed by atoms with Gasteiger partial charge in [-0.25, -0.2) is 9.18 Å². The second-order valence-corrected chi connectivity index (χ2v) is 6.29. The lowest BCUT2D eigenvalue weighted by Crippen LogP contribution is -2.40. The average molecular weight is 387 g/mol. The standard InChI is InChI=1S/C21H26FN3O3/c1-28-19-9-7-16(8-10-19)5-3-11-24-21(27)25-13-12-23-20(26)15-17-4-2-6-18(22)14-17/h2,4,6-10,14H,3,5,11-13,15H2,1H3,(H,23,26)(H2,24,25,27). The summed E-state index contributed by atoms with van der Waals surface area (Å²) < 4.78 is 18.2. The third-order valence-electron chi connectivity index (χ3n) is 4.07. The minimum absolute atomic E-state index is 0.106. The van der Waals surface area contributed by atoms with Crippen molar-refractivity contribution in [2.24, 2.45) is 0 Å². The van der Waals surface area contributed by atoms with Gasteiger partial charge in [-0.05, 0) is 48.2 Å². The fourth-order valence-corrected chi connectivity index (χ4v) is 2.62. The Morgan fingerprint density at radius 3 is 2.36 bits per heavy atom. The van der Waals surface area contributed by atoms with Crippen LogP contribution in [0.3, 0.4) is 0 Å². The molecule has 2 aromatic rings. The van der Waals surface area contributed by atoms with Crippen molar-refractivity contribution in [3.05, 3.63) is 65.5 Å². The summed E-state index contributed by atoms with van der Waals surface area (Å²) in [5, 5.41) is 8.15. The molecule has 7 heteroatoms. The maximum absolute atomic E-state index is 13.1. The largest absolute Gasteiger partial charge is 0.497 e. The monoisotopic (exact) mass is 387 g/mol. The fraction of sp³-hybridized carbons (Fsp3) is 0.333. The van der Waals surface area contributed by atoms with Crippen LogP contribution in [-0.4, -0.2) is 38.7 Å². The molecule has 0 aliphatic rings. The summed E-state index contributed by atoms with van der Waals surface area (Å²) in [6, 6.07) is 13.5. The van der Waals surface area contributed by atoms with E-state index in [1.165, 1.54) is 17.7 Å². The van der Waals surface area contributed by atoms with Crippen molar-refractivity contribution in [3.63, 3.8) is 0 Å². The van der Waals surface area contributed by atoms with E-state index in [1.54, 1.807) is 19.2 Å². The van der Waals surface area contributed by atoms with Crippen LogP contribution in [0.5, 0.6) is 5.75 Å². The number of nitrogens with one attached hydrogen (secondary N) is 3. The number of amides is 3. The number of methoxy groups -OCH3 is 1. The summed E-state index contributed by atoms with van der Waals surface area (Å²) in [4.78, 5) is 23.5. The number of urea groups is 1. The Kier molecular flexibility index (Phi) is 8.78. The molecule has 0 spiro atoms. The first kappa shape index (κ1) is 21.2. The van der Waals surface area contributed by atoms with Crippen LogP contribution >= 0.6 is 0 Å². The van der Waals surface area contributed by atoms with Crippen LogP contribution in [0.2, 0.25) is 0 Å². The zero-order valence-corrected chi connectivity index (χ0v) is 16.0. The van der Waals surface area contributed by atoms with Crippen LogP contribution in [0.4, 0.5) is 9.18 Å². The second kappa shape index (κ2) is 11.6. The molecule has 0 radical (unpaired) electrons. The van der Waals surface area contributed by atoms with Crippen LogP contribution < -0.4 is 20.7 Å². The number of carbonyl (C=O) groups is 2. The summed E-state index contributed by atoms with van der Waals surface area (Å²) in [6.45, 7) is 1.19. The number of aryl methyl sites for hydroxylation is 1. The maximum atomic E-state index is 13.1. The number of carbonyl (C=O) groups excluding carboxylic acids is 2. The van der Waals surface area contributed by atoms with E-state index in [4.69, 9.17) is 4.74 Å². The van der Waals surface area contributed by atoms with Gasteiger partial charge in [-0.3, -0.25) is 4.79 Å². The van der Waals surface area contributed by atoms with E-state index in [1.807, 2.05) is 24.3 Å². The summed E-state index contributed by atoms with van der Waals surface area (Å²) in [5.74, 6) is 0.243. The molecule has 0 unspecified atom stereocenters. The van der Waals surface area contributed by atoms with E-state index >= 15 is 0 Å². The molecule has 3 N–H and O–H groups in total. The predicted molar refractivity (Wildman–Crippen MR) is 106 cm³/mol. The van der Waals surface area contributed by atoms with Crippen molar-refractivity contribution in [2.45, 2.75) is 19.3 Å². The predicted octanol–water partition coefficient (Wildman–Crippen LogP) is 2.43. The van der Waals surface area contributed by atoms with Gasteiger partial charge in [0.25, 0.3) is 0 Å². The molecular formula is C21H26FN3O3. The minimum Gasteiger partial charge on any atom is -0.497 e. The van der Waals surface area contributed by atoms with E-state index in [2.05, 4.69) is 16.0 Å². The molecule has 0 saturated carbocycles. The van der Waals surface area contributed by atoms with Gasteiger partial charge >= 0.3 is 6.03 Å². The number of benzene rings is 2. The molecule has 150 valence electrons. The van der Waals surface area contributed by atoms with Crippen LogP contribution in [0, 0.1) is 5.82 Å². The highest BCUT2D eigenvalue weighted by Crippen LogP contribution is 2.12. The zero-order valence-electron chi connectivity index (χ0n) is 16.0. The Hall–Kier alpha value is -3.09. The van der Waals surface area contributed by atoms with E-state index in [9.17, 15) is 14.0 Å². The number of hydrogen-bond acceptors (Lipinski definition) is 3. The van der Waals surface area contributed by atoms with E-state index in [0.29, 0.717) is 25.2 Å². The molecule has 3 amide bonds. The quantitative estimate of drug-likeness (QED) is 0.548. The van der Waals surface area contributed by atoms with Crippen LogP contribution in [-0.2, 0) is 17.6 Å². The summed E-state index contributed by atoms with van der Waals surface area (Å²) in [6.07, 6.45) is 1.79. The van der Waals surface area contributed by atoms with Gasteiger partial charge in [0.1, 0.15) is 11.6 Å². The first-order chi connectivity index (χ1) is 13.6. The van der Waals surface area contributed by atoms with Gasteiger partial charge in [-0.1, -0.05) is 24.3 Å². The highest BCUT2D eigenvalue weighted by Gasteiger charge is 2.04. The van der Waals surface area contributed by atoms with Gasteiger partial charge in [-0.15, -0.1) is 0 Å². The minimum atomic E-state index is -0.365. The molecule has 0 saturated heterocycles. The number of hydrogen-bond donors (Lipinski definition) is 3. The van der Waals surface area contributed by atoms with Crippen molar-refractivity contribution >= 4 is 11.9 Å². The molecule has 0 aliphatic carbocycles. The van der Waals surface area contributed by atoms with Crippen LogP contribution in [0.15, 0.2) is 48.5 Å². The van der Waals surface area contributed by atoms with Gasteiger partial charge in [0.15, 0.2) is 0 Å². The van der Waals surface area contributed by atoms with Crippen molar-refractivity contribution in [1.82, 2.24) is 16.0 Å². The normalized spacial score (nSPS) is 10.2. The molecule has 2 rings (SSSR count). The van der Waals surface area contributed by atoms with Gasteiger partial charge in [-0.2, -0.15) is 0 Å². The Morgan fingerprint density at radius 1 is 0.929 bits per heavy atom. The Morgan fingerprint density at radius 2 is 1.64 bits per heavy atom. The maximum Gasteiger partial charge on any atom is 0.314 e. The zero-order chi connectivity index (χ0) is 20.2. The molecule has 0 aromatic heterocycles. The van der Waals surface area contributed by atoms with Crippen molar-refractivity contribution in [1.29, 1.82) is 0 Å². The molecule has 0 aliphatic heterocycles. The lowest BCUT2D eigenvalue weighted by atomic mass is 10.1. The third-order valence-corrected chi connectivity index (χ3v) is 4.07. The van der Waals surface area contributed by atoms with Crippen molar-refractivity contribution < 1.29 is 18.7 Å². The van der Waals surface area contributed by atoms with Gasteiger partial charge < -0.3 is 20.7 Å². The Labute approximate surface area is 164 Å². The fourth-order valence-electron chi connectivity index (χ4n) is 2.62. The van der Waals surface area contributed by atoms with Gasteiger partial charge in [0.05, 0.1) is 13.5 Å². The smallest absolute Gasteiger partial charge is 0.314 e. The molecule has 0 bridgehead atoms. The van der Waals surface area contributed by atoms with Crippen LogP contribution in [0.25, 0.3) is 0 Å². The first-order valence-electron chi connectivity index (χ1n) is 9.22. The highest BCUT2D eigenvalue weighted by molar-refractivity contribution is 5.78. The van der Waals surface area contributed by atoms with Gasteiger partial charge in [0, 0.05) is 19.6 Å². The van der Waals surface area contributed by atoms with Gasteiger partial charge in [0.2, 0.25) is 5.91 Å². The molecule has 28 heavy (non-hydrogen) atoms. The average Bonchev–Trinajstić information content (AvgIpc) is 2.69. The third kappa shape index (κ3) is 8.07. The lowest BCUT2D eigenvalue weighted by molar-refractivity contribution is -0.120. The van der Waals surface area contributed by atoms with E-state index < -0.39 is 0 Å². The molecular weight excluding hydrogens is 361 g/mol. The molecule has 6 nitrogen and oxygen atoms in total. The van der Waals surface area contributed by atoms with E-state index in [-0.39, 0.29) is 24.2 Å². The SMILES string of the molecule is COc1ccc(CCCNC(=O)NCCNC(=O)Cc2cccc(F)c2)cc1. The number of rotatable bonds is 10. The van der Waals surface area contributed by atoms with Crippen molar-refractivity contribution in [3.8, 4) is 5.75 Å². The Bertz CT molecular complexity index is 766. The topological polar surface area (TPSA) is 79.5 Å². The lowest BCUT2D eigenvalue weighted by Gasteiger charge is -2.09. The molecule has 0 heterocycles. The molecule has 2 aromatic carbocycles.